The van der Waals surface area contributed by atoms with E-state index in [1.165, 1.54) is 0 Å². The smallest absolute Gasteiger partial charge is 0.164 e. The average molecular weight is 241 g/mol. The van der Waals surface area contributed by atoms with E-state index >= 15 is 0 Å². The summed E-state index contributed by atoms with van der Waals surface area (Å²) < 4.78 is 0. The van der Waals surface area contributed by atoms with E-state index in [0.717, 1.165) is 5.06 Å². The third-order valence-corrected chi connectivity index (χ3v) is 2.70. The molecule has 0 fully saturated rings. The Labute approximate surface area is 106 Å². The maximum Gasteiger partial charge on any atom is 0.164 e. The zero-order chi connectivity index (χ0) is 12.8. The van der Waals surface area contributed by atoms with Crippen molar-refractivity contribution in [1.29, 1.82) is 0 Å². The van der Waals surface area contributed by atoms with Crippen molar-refractivity contribution in [3.63, 3.8) is 0 Å². The Morgan fingerprint density at radius 1 is 0.944 bits per heavy atom. The largest absolute Gasteiger partial charge is 0.294 e. The van der Waals surface area contributed by atoms with E-state index in [4.69, 9.17) is 0 Å². The van der Waals surface area contributed by atoms with Crippen molar-refractivity contribution >= 4 is 11.5 Å². The molecule has 2 rings (SSSR count). The number of para-hydroxylation sites is 1. The topological polar surface area (TPSA) is 40.5 Å². The van der Waals surface area contributed by atoms with Gasteiger partial charge in [0.15, 0.2) is 5.78 Å². The summed E-state index contributed by atoms with van der Waals surface area (Å²) >= 11 is 0. The molecule has 0 spiro atoms. The van der Waals surface area contributed by atoms with Gasteiger partial charge in [-0.3, -0.25) is 15.1 Å². The van der Waals surface area contributed by atoms with Crippen LogP contribution >= 0.6 is 0 Å². The van der Waals surface area contributed by atoms with Crippen LogP contribution in [0.5, 0.6) is 0 Å². The van der Waals surface area contributed by atoms with Crippen LogP contribution in [0.25, 0.3) is 0 Å². The molecule has 0 atom stereocenters. The Bertz CT molecular complexity index is 496. The van der Waals surface area contributed by atoms with Crippen molar-refractivity contribution in [2.45, 2.75) is 6.42 Å². The fraction of sp³-hybridized carbons (Fsp3) is 0.133. The van der Waals surface area contributed by atoms with E-state index in [9.17, 15) is 10.0 Å². The molecule has 0 aliphatic rings. The van der Waals surface area contributed by atoms with Crippen LogP contribution in [0.1, 0.15) is 16.8 Å². The number of benzene rings is 2. The van der Waals surface area contributed by atoms with Crippen molar-refractivity contribution in [2.24, 2.45) is 0 Å². The van der Waals surface area contributed by atoms with Crippen LogP contribution in [0.4, 0.5) is 5.69 Å². The molecule has 0 heterocycles. The lowest BCUT2D eigenvalue weighted by atomic mass is 10.1. The Morgan fingerprint density at radius 2 is 1.50 bits per heavy atom. The first kappa shape index (κ1) is 12.3. The van der Waals surface area contributed by atoms with Gasteiger partial charge in [0.1, 0.15) is 0 Å². The predicted octanol–water partition coefficient (Wildman–Crippen LogP) is 3.16. The maximum absolute atomic E-state index is 11.8. The van der Waals surface area contributed by atoms with Crippen molar-refractivity contribution in [3.8, 4) is 0 Å². The van der Waals surface area contributed by atoms with E-state index in [0.29, 0.717) is 11.3 Å². The van der Waals surface area contributed by atoms with Gasteiger partial charge < -0.3 is 0 Å². The van der Waals surface area contributed by atoms with Crippen LogP contribution in [-0.4, -0.2) is 17.5 Å². The molecule has 3 nitrogen and oxygen atoms in total. The second kappa shape index (κ2) is 5.98. The standard InChI is InChI=1S/C15H15NO2/c17-15(13-7-3-1-4-8-13)11-12-16(18)14-9-5-2-6-10-14/h1-10,18H,11-12H2. The summed E-state index contributed by atoms with van der Waals surface area (Å²) in [5.74, 6) is 0.0329. The average Bonchev–Trinajstić information content (AvgIpc) is 2.46. The Balaban J connectivity index is 1.91. The Hall–Kier alpha value is -2.13. The third kappa shape index (κ3) is 3.18. The van der Waals surface area contributed by atoms with Crippen molar-refractivity contribution in [1.82, 2.24) is 0 Å². The van der Waals surface area contributed by atoms with Gasteiger partial charge in [0.05, 0.1) is 12.2 Å². The number of hydroxylamine groups is 1. The molecule has 18 heavy (non-hydrogen) atoms. The van der Waals surface area contributed by atoms with Crippen molar-refractivity contribution < 1.29 is 10.0 Å². The lowest BCUT2D eigenvalue weighted by Gasteiger charge is -2.16. The van der Waals surface area contributed by atoms with Gasteiger partial charge in [0.2, 0.25) is 0 Å². The molecule has 0 aromatic heterocycles. The fourth-order valence-corrected chi connectivity index (χ4v) is 1.70. The van der Waals surface area contributed by atoms with E-state index in [2.05, 4.69) is 0 Å². The van der Waals surface area contributed by atoms with Gasteiger partial charge in [0, 0.05) is 12.0 Å². The van der Waals surface area contributed by atoms with Gasteiger partial charge in [-0.2, -0.15) is 0 Å². The Kier molecular flexibility index (Phi) is 4.10. The molecule has 0 bridgehead atoms. The van der Waals surface area contributed by atoms with E-state index in [1.54, 1.807) is 24.3 Å². The Morgan fingerprint density at radius 3 is 2.11 bits per heavy atom. The SMILES string of the molecule is O=C(CCN(O)c1ccccc1)c1ccccc1. The summed E-state index contributed by atoms with van der Waals surface area (Å²) in [4.78, 5) is 11.8. The normalized spacial score (nSPS) is 10.1. The summed E-state index contributed by atoms with van der Waals surface area (Å²) in [6.45, 7) is 0.289. The third-order valence-electron chi connectivity index (χ3n) is 2.70. The molecule has 0 saturated heterocycles. The minimum absolute atomic E-state index is 0.0329. The van der Waals surface area contributed by atoms with Crippen LogP contribution in [0.15, 0.2) is 60.7 Å². The molecule has 92 valence electrons. The molecule has 1 N–H and O–H groups in total. The lowest BCUT2D eigenvalue weighted by Crippen LogP contribution is -2.21. The number of ketones is 1. The molecule has 0 radical (unpaired) electrons. The number of carbonyl (C=O) groups is 1. The summed E-state index contributed by atoms with van der Waals surface area (Å²) in [6, 6.07) is 18.3. The van der Waals surface area contributed by atoms with Crippen LogP contribution in [0, 0.1) is 0 Å². The quantitative estimate of drug-likeness (QED) is 0.645. The molecule has 0 saturated carbocycles. The number of hydrogen-bond acceptors (Lipinski definition) is 3. The summed E-state index contributed by atoms with van der Waals surface area (Å²) in [6.07, 6.45) is 0.287. The first-order valence-electron chi connectivity index (χ1n) is 5.87. The molecule has 2 aromatic carbocycles. The number of carbonyl (C=O) groups excluding carboxylic acids is 1. The van der Waals surface area contributed by atoms with Crippen LogP contribution < -0.4 is 5.06 Å². The second-order valence-corrected chi connectivity index (χ2v) is 4.00. The number of Topliss-reactive ketones (excluding diaryl/α,β-unsaturated/α-hetero) is 1. The van der Waals surface area contributed by atoms with Gasteiger partial charge in [0.25, 0.3) is 0 Å². The highest BCUT2D eigenvalue weighted by Crippen LogP contribution is 2.12. The van der Waals surface area contributed by atoms with E-state index in [-0.39, 0.29) is 18.7 Å². The van der Waals surface area contributed by atoms with Gasteiger partial charge in [-0.1, -0.05) is 48.5 Å². The minimum Gasteiger partial charge on any atom is -0.294 e. The number of hydrogen-bond donors (Lipinski definition) is 1. The molecule has 0 aliphatic heterocycles. The van der Waals surface area contributed by atoms with Crippen LogP contribution in [-0.2, 0) is 0 Å². The second-order valence-electron chi connectivity index (χ2n) is 4.00. The molecule has 0 amide bonds. The monoisotopic (exact) mass is 241 g/mol. The first-order valence-corrected chi connectivity index (χ1v) is 5.87. The number of anilines is 1. The van der Waals surface area contributed by atoms with Crippen LogP contribution in [0.2, 0.25) is 0 Å². The highest BCUT2D eigenvalue weighted by molar-refractivity contribution is 5.96. The fourth-order valence-electron chi connectivity index (χ4n) is 1.70. The predicted molar refractivity (Wildman–Crippen MR) is 71.0 cm³/mol. The lowest BCUT2D eigenvalue weighted by molar-refractivity contribution is 0.0974. The molecular formula is C15H15NO2. The van der Waals surface area contributed by atoms with Crippen molar-refractivity contribution in [2.75, 3.05) is 11.6 Å². The molecule has 0 aliphatic carbocycles. The molecular weight excluding hydrogens is 226 g/mol. The minimum atomic E-state index is 0.0329. The van der Waals surface area contributed by atoms with Gasteiger partial charge in [-0.25, -0.2) is 0 Å². The highest BCUT2D eigenvalue weighted by Gasteiger charge is 2.08. The first-order chi connectivity index (χ1) is 8.77. The number of rotatable bonds is 5. The number of nitrogens with zero attached hydrogens (tertiary/aromatic N) is 1. The summed E-state index contributed by atoms with van der Waals surface area (Å²) in [5.41, 5.74) is 1.37. The zero-order valence-corrected chi connectivity index (χ0v) is 9.99. The summed E-state index contributed by atoms with van der Waals surface area (Å²) in [5, 5.41) is 10.9. The van der Waals surface area contributed by atoms with Crippen LogP contribution in [0.3, 0.4) is 0 Å². The summed E-state index contributed by atoms with van der Waals surface area (Å²) in [7, 11) is 0. The zero-order valence-electron chi connectivity index (χ0n) is 9.99. The van der Waals surface area contributed by atoms with Gasteiger partial charge >= 0.3 is 0 Å². The van der Waals surface area contributed by atoms with E-state index in [1.807, 2.05) is 36.4 Å². The molecule has 2 aromatic rings. The molecule has 3 heteroatoms. The van der Waals surface area contributed by atoms with Crippen molar-refractivity contribution in [3.05, 3.63) is 66.2 Å². The highest BCUT2D eigenvalue weighted by atomic mass is 16.5. The van der Waals surface area contributed by atoms with Gasteiger partial charge in [-0.15, -0.1) is 0 Å². The molecule has 0 unspecified atom stereocenters. The van der Waals surface area contributed by atoms with E-state index < -0.39 is 0 Å². The maximum atomic E-state index is 11.8. The van der Waals surface area contributed by atoms with Gasteiger partial charge in [-0.05, 0) is 12.1 Å².